The third kappa shape index (κ3) is 4.59. The number of rotatable bonds is 5. The molecule has 128 valence electrons. The molecule has 1 fully saturated rings. The maximum atomic E-state index is 12.5. The second kappa shape index (κ2) is 8.86. The molecule has 0 radical (unpaired) electrons. The van der Waals surface area contributed by atoms with E-state index in [4.69, 9.17) is 4.74 Å². The Kier molecular flexibility index (Phi) is 6.83. The predicted molar refractivity (Wildman–Crippen MR) is 99.1 cm³/mol. The SMILES string of the molecule is CC(C(=O)c1ccccc1)N1CCC(Oc2ccccc2)CC1.Cl. The fraction of sp³-hybridized carbons (Fsp3) is 0.350. The minimum Gasteiger partial charge on any atom is -0.490 e. The van der Waals surface area contributed by atoms with Crippen molar-refractivity contribution in [2.24, 2.45) is 0 Å². The molecule has 0 bridgehead atoms. The van der Waals surface area contributed by atoms with Gasteiger partial charge >= 0.3 is 0 Å². The lowest BCUT2D eigenvalue weighted by molar-refractivity contribution is 0.0629. The highest BCUT2D eigenvalue weighted by Crippen LogP contribution is 2.21. The van der Waals surface area contributed by atoms with Crippen LogP contribution in [0, 0.1) is 0 Å². The molecule has 1 aliphatic rings. The van der Waals surface area contributed by atoms with E-state index >= 15 is 0 Å². The molecule has 1 unspecified atom stereocenters. The molecule has 1 aliphatic heterocycles. The molecule has 0 aromatic heterocycles. The van der Waals surface area contributed by atoms with Crippen LogP contribution in [0.5, 0.6) is 5.75 Å². The molecule has 2 aromatic carbocycles. The van der Waals surface area contributed by atoms with Gasteiger partial charge in [-0.05, 0) is 31.9 Å². The van der Waals surface area contributed by atoms with E-state index in [1.54, 1.807) is 0 Å². The molecular weight excluding hydrogens is 322 g/mol. The summed E-state index contributed by atoms with van der Waals surface area (Å²) in [6.07, 6.45) is 2.16. The number of ketones is 1. The number of hydrogen-bond donors (Lipinski definition) is 0. The van der Waals surface area contributed by atoms with Gasteiger partial charge in [-0.25, -0.2) is 0 Å². The molecule has 2 aromatic rings. The predicted octanol–water partition coefficient (Wildman–Crippen LogP) is 4.22. The van der Waals surface area contributed by atoms with Crippen LogP contribution in [0.3, 0.4) is 0 Å². The Hall–Kier alpha value is -1.84. The summed E-state index contributed by atoms with van der Waals surface area (Å²) in [7, 11) is 0. The third-order valence-electron chi connectivity index (χ3n) is 4.51. The molecule has 4 heteroatoms. The lowest BCUT2D eigenvalue weighted by atomic mass is 10.0. The molecular formula is C20H24ClNO2. The molecule has 0 saturated carbocycles. The van der Waals surface area contributed by atoms with Gasteiger partial charge in [0, 0.05) is 18.7 Å². The summed E-state index contributed by atoms with van der Waals surface area (Å²) < 4.78 is 6.02. The molecule has 1 saturated heterocycles. The van der Waals surface area contributed by atoms with Crippen molar-refractivity contribution < 1.29 is 9.53 Å². The first-order chi connectivity index (χ1) is 11.2. The highest BCUT2D eigenvalue weighted by Gasteiger charge is 2.27. The van der Waals surface area contributed by atoms with Crippen LogP contribution in [0.25, 0.3) is 0 Å². The molecule has 0 N–H and O–H groups in total. The summed E-state index contributed by atoms with van der Waals surface area (Å²) >= 11 is 0. The van der Waals surface area contributed by atoms with Crippen molar-refractivity contribution in [3.05, 3.63) is 66.2 Å². The number of Topliss-reactive ketones (excluding diaryl/α,β-unsaturated/α-hetero) is 1. The minimum absolute atomic E-state index is 0. The van der Waals surface area contributed by atoms with Crippen LogP contribution >= 0.6 is 12.4 Å². The van der Waals surface area contributed by atoms with Gasteiger partial charge in [-0.15, -0.1) is 12.4 Å². The topological polar surface area (TPSA) is 29.5 Å². The number of hydrogen-bond acceptors (Lipinski definition) is 3. The quantitative estimate of drug-likeness (QED) is 0.760. The van der Waals surface area contributed by atoms with E-state index < -0.39 is 0 Å². The maximum Gasteiger partial charge on any atom is 0.179 e. The van der Waals surface area contributed by atoms with E-state index in [-0.39, 0.29) is 30.3 Å². The molecule has 0 spiro atoms. The van der Waals surface area contributed by atoms with Crippen LogP contribution in [-0.2, 0) is 0 Å². The summed E-state index contributed by atoms with van der Waals surface area (Å²) in [5.74, 6) is 1.13. The number of carbonyl (C=O) groups excluding carboxylic acids is 1. The first kappa shape index (κ1) is 18.5. The van der Waals surface area contributed by atoms with Gasteiger partial charge in [-0.2, -0.15) is 0 Å². The summed E-state index contributed by atoms with van der Waals surface area (Å²) in [6.45, 7) is 3.81. The lowest BCUT2D eigenvalue weighted by Gasteiger charge is -2.35. The maximum absolute atomic E-state index is 12.5. The number of nitrogens with zero attached hydrogens (tertiary/aromatic N) is 1. The van der Waals surface area contributed by atoms with Crippen LogP contribution < -0.4 is 4.74 Å². The standard InChI is InChI=1S/C20H23NO2.ClH/c1-16(20(22)17-8-4-2-5-9-17)21-14-12-19(13-15-21)23-18-10-6-3-7-11-18;/h2-11,16,19H,12-15H2,1H3;1H. The Morgan fingerprint density at radius 1 is 1.00 bits per heavy atom. The van der Waals surface area contributed by atoms with E-state index in [0.717, 1.165) is 37.2 Å². The van der Waals surface area contributed by atoms with E-state index in [9.17, 15) is 4.79 Å². The van der Waals surface area contributed by atoms with Crippen molar-refractivity contribution in [3.63, 3.8) is 0 Å². The fourth-order valence-electron chi connectivity index (χ4n) is 3.08. The van der Waals surface area contributed by atoms with Crippen molar-refractivity contribution in [2.45, 2.75) is 31.9 Å². The van der Waals surface area contributed by atoms with E-state index in [1.807, 2.05) is 67.6 Å². The van der Waals surface area contributed by atoms with Gasteiger partial charge in [0.1, 0.15) is 11.9 Å². The average Bonchev–Trinajstić information content (AvgIpc) is 2.63. The number of likely N-dealkylation sites (tertiary alicyclic amines) is 1. The zero-order valence-corrected chi connectivity index (χ0v) is 14.7. The van der Waals surface area contributed by atoms with Crippen LogP contribution in [0.4, 0.5) is 0 Å². The molecule has 3 nitrogen and oxygen atoms in total. The first-order valence-corrected chi connectivity index (χ1v) is 8.29. The van der Waals surface area contributed by atoms with Crippen molar-refractivity contribution in [3.8, 4) is 5.75 Å². The zero-order chi connectivity index (χ0) is 16.1. The Balaban J connectivity index is 0.00000208. The van der Waals surface area contributed by atoms with Gasteiger partial charge in [0.25, 0.3) is 0 Å². The second-order valence-electron chi connectivity index (χ2n) is 6.07. The van der Waals surface area contributed by atoms with Crippen LogP contribution in [-0.4, -0.2) is 35.9 Å². The van der Waals surface area contributed by atoms with Gasteiger partial charge in [0.15, 0.2) is 5.78 Å². The molecule has 3 rings (SSSR count). The number of halogens is 1. The summed E-state index contributed by atoms with van der Waals surface area (Å²) in [6, 6.07) is 19.4. The van der Waals surface area contributed by atoms with Crippen LogP contribution in [0.2, 0.25) is 0 Å². The van der Waals surface area contributed by atoms with Crippen LogP contribution in [0.15, 0.2) is 60.7 Å². The molecule has 0 amide bonds. The largest absolute Gasteiger partial charge is 0.490 e. The summed E-state index contributed by atoms with van der Waals surface area (Å²) in [4.78, 5) is 14.8. The van der Waals surface area contributed by atoms with Crippen molar-refractivity contribution in [1.29, 1.82) is 0 Å². The van der Waals surface area contributed by atoms with Gasteiger partial charge < -0.3 is 4.74 Å². The van der Waals surface area contributed by atoms with Crippen LogP contribution in [0.1, 0.15) is 30.1 Å². The highest BCUT2D eigenvalue weighted by atomic mass is 35.5. The smallest absolute Gasteiger partial charge is 0.179 e. The molecule has 24 heavy (non-hydrogen) atoms. The Morgan fingerprint density at radius 3 is 2.12 bits per heavy atom. The highest BCUT2D eigenvalue weighted by molar-refractivity contribution is 5.99. The summed E-state index contributed by atoms with van der Waals surface area (Å²) in [5, 5.41) is 0. The molecule has 0 aliphatic carbocycles. The number of carbonyl (C=O) groups is 1. The Bertz CT molecular complexity index is 625. The zero-order valence-electron chi connectivity index (χ0n) is 13.9. The second-order valence-corrected chi connectivity index (χ2v) is 6.07. The summed E-state index contributed by atoms with van der Waals surface area (Å²) in [5.41, 5.74) is 0.794. The normalized spacial score (nSPS) is 16.9. The number of piperidine rings is 1. The van der Waals surface area contributed by atoms with Gasteiger partial charge in [0.2, 0.25) is 0 Å². The van der Waals surface area contributed by atoms with Gasteiger partial charge in [0.05, 0.1) is 6.04 Å². The van der Waals surface area contributed by atoms with Gasteiger partial charge in [-0.1, -0.05) is 48.5 Å². The Morgan fingerprint density at radius 2 is 1.54 bits per heavy atom. The number of benzene rings is 2. The Labute approximate surface area is 150 Å². The number of ether oxygens (including phenoxy) is 1. The minimum atomic E-state index is -0.0740. The average molecular weight is 346 g/mol. The number of para-hydroxylation sites is 1. The van der Waals surface area contributed by atoms with E-state index in [2.05, 4.69) is 4.90 Å². The van der Waals surface area contributed by atoms with E-state index in [1.165, 1.54) is 0 Å². The van der Waals surface area contributed by atoms with Crippen molar-refractivity contribution in [2.75, 3.05) is 13.1 Å². The van der Waals surface area contributed by atoms with E-state index in [0.29, 0.717) is 0 Å². The van der Waals surface area contributed by atoms with Crippen molar-refractivity contribution >= 4 is 18.2 Å². The van der Waals surface area contributed by atoms with Crippen molar-refractivity contribution in [1.82, 2.24) is 4.90 Å². The first-order valence-electron chi connectivity index (χ1n) is 8.29. The molecule has 1 atom stereocenters. The third-order valence-corrected chi connectivity index (χ3v) is 4.51. The lowest BCUT2D eigenvalue weighted by Crippen LogP contribution is -2.46. The monoisotopic (exact) mass is 345 g/mol. The molecule has 1 heterocycles. The fourth-order valence-corrected chi connectivity index (χ4v) is 3.08. The van der Waals surface area contributed by atoms with Gasteiger partial charge in [-0.3, -0.25) is 9.69 Å².